The SMILES string of the molecule is Cc1cc(C)cc(-c2cc(C(=O)O)nc(-c3cccc4c3nc(-c3cccc5c3[nH]c3ccccc35)n4C)c2)c1. The molecule has 3 aromatic heterocycles. The maximum atomic E-state index is 12.1. The number of nitrogens with zero attached hydrogens (tertiary/aromatic N) is 3. The summed E-state index contributed by atoms with van der Waals surface area (Å²) in [6.07, 6.45) is 0. The second kappa shape index (κ2) is 8.92. The molecule has 6 nitrogen and oxygen atoms in total. The molecule has 0 amide bonds. The third-order valence-electron chi connectivity index (χ3n) is 7.57. The molecule has 0 spiro atoms. The normalized spacial score (nSPS) is 11.6. The molecule has 4 aromatic carbocycles. The first-order valence-corrected chi connectivity index (χ1v) is 13.2. The average Bonchev–Trinajstić information content (AvgIpc) is 3.50. The van der Waals surface area contributed by atoms with Crippen LogP contribution in [0.5, 0.6) is 0 Å². The number of aromatic carboxylic acids is 1. The summed E-state index contributed by atoms with van der Waals surface area (Å²) in [6.45, 7) is 4.08. The Morgan fingerprint density at radius 1 is 0.775 bits per heavy atom. The van der Waals surface area contributed by atoms with E-state index in [4.69, 9.17) is 4.98 Å². The fourth-order valence-electron chi connectivity index (χ4n) is 5.81. The molecular formula is C34H26N4O2. The van der Waals surface area contributed by atoms with Crippen LogP contribution in [0.4, 0.5) is 0 Å². The number of H-pyrrole nitrogens is 1. The van der Waals surface area contributed by atoms with Gasteiger partial charge in [-0.15, -0.1) is 0 Å². The minimum Gasteiger partial charge on any atom is -0.477 e. The molecule has 0 unspecified atom stereocenters. The van der Waals surface area contributed by atoms with Crippen LogP contribution in [0.25, 0.3) is 66.6 Å². The van der Waals surface area contributed by atoms with Crippen LogP contribution in [0.2, 0.25) is 0 Å². The van der Waals surface area contributed by atoms with Gasteiger partial charge in [-0.1, -0.05) is 71.8 Å². The number of hydrogen-bond acceptors (Lipinski definition) is 3. The first-order valence-electron chi connectivity index (χ1n) is 13.2. The van der Waals surface area contributed by atoms with E-state index in [9.17, 15) is 9.90 Å². The summed E-state index contributed by atoms with van der Waals surface area (Å²) in [7, 11) is 2.01. The predicted molar refractivity (Wildman–Crippen MR) is 161 cm³/mol. The summed E-state index contributed by atoms with van der Waals surface area (Å²) in [5.74, 6) is -0.240. The van der Waals surface area contributed by atoms with Crippen molar-refractivity contribution in [1.82, 2.24) is 19.5 Å². The zero-order valence-electron chi connectivity index (χ0n) is 22.4. The van der Waals surface area contributed by atoms with Crippen LogP contribution in [-0.2, 0) is 7.05 Å². The highest BCUT2D eigenvalue weighted by Gasteiger charge is 2.19. The molecular weight excluding hydrogens is 496 g/mol. The standard InChI is InChI=1S/C34H26N4O2/c1-19-14-20(2)16-21(15-19)22-17-28(35-29(18-22)34(39)40)25-10-7-13-30-32(25)37-33(38(30)3)26-11-6-9-24-23-8-4-5-12-27(23)36-31(24)26/h4-18,36H,1-3H3,(H,39,40). The lowest BCUT2D eigenvalue weighted by Gasteiger charge is -2.10. The molecule has 40 heavy (non-hydrogen) atoms. The maximum absolute atomic E-state index is 12.1. The highest BCUT2D eigenvalue weighted by molar-refractivity contribution is 6.11. The fourth-order valence-corrected chi connectivity index (χ4v) is 5.81. The number of aromatic amines is 1. The number of aryl methyl sites for hydroxylation is 3. The van der Waals surface area contributed by atoms with Gasteiger partial charge in [-0.2, -0.15) is 0 Å². The molecule has 7 aromatic rings. The van der Waals surface area contributed by atoms with Crippen molar-refractivity contribution in [3.8, 4) is 33.8 Å². The Kier molecular flexibility index (Phi) is 5.32. The van der Waals surface area contributed by atoms with Gasteiger partial charge < -0.3 is 14.7 Å². The number of carbonyl (C=O) groups is 1. The summed E-state index contributed by atoms with van der Waals surface area (Å²) in [6, 6.07) is 30.4. The quantitative estimate of drug-likeness (QED) is 0.246. The van der Waals surface area contributed by atoms with Gasteiger partial charge in [-0.25, -0.2) is 14.8 Å². The number of carboxylic acids is 1. The topological polar surface area (TPSA) is 83.8 Å². The number of para-hydroxylation sites is 3. The number of rotatable bonds is 4. The number of hydrogen-bond donors (Lipinski definition) is 2. The molecule has 3 heterocycles. The summed E-state index contributed by atoms with van der Waals surface area (Å²) >= 11 is 0. The highest BCUT2D eigenvalue weighted by atomic mass is 16.4. The van der Waals surface area contributed by atoms with E-state index in [-0.39, 0.29) is 5.69 Å². The van der Waals surface area contributed by atoms with Gasteiger partial charge in [0.1, 0.15) is 11.5 Å². The molecule has 0 saturated carbocycles. The van der Waals surface area contributed by atoms with Crippen molar-refractivity contribution in [2.75, 3.05) is 0 Å². The van der Waals surface area contributed by atoms with Gasteiger partial charge in [0.05, 0.1) is 22.2 Å². The van der Waals surface area contributed by atoms with Gasteiger partial charge in [0.2, 0.25) is 0 Å². The number of aromatic nitrogens is 4. The van der Waals surface area contributed by atoms with Crippen molar-refractivity contribution in [3.63, 3.8) is 0 Å². The summed E-state index contributed by atoms with van der Waals surface area (Å²) < 4.78 is 2.09. The smallest absolute Gasteiger partial charge is 0.354 e. The lowest BCUT2D eigenvalue weighted by Crippen LogP contribution is -2.02. The molecule has 0 aliphatic heterocycles. The lowest BCUT2D eigenvalue weighted by atomic mass is 9.98. The third-order valence-corrected chi connectivity index (χ3v) is 7.57. The molecule has 194 valence electrons. The number of fused-ring (bicyclic) bond motifs is 4. The van der Waals surface area contributed by atoms with Gasteiger partial charge in [0.15, 0.2) is 0 Å². The minimum atomic E-state index is -1.06. The Balaban J connectivity index is 1.45. The fraction of sp³-hybridized carbons (Fsp3) is 0.0882. The lowest BCUT2D eigenvalue weighted by molar-refractivity contribution is 0.0690. The predicted octanol–water partition coefficient (Wildman–Crippen LogP) is 7.92. The molecule has 6 heteroatoms. The molecule has 0 bridgehead atoms. The van der Waals surface area contributed by atoms with Crippen molar-refractivity contribution >= 4 is 38.8 Å². The number of carboxylic acid groups (broad SMARTS) is 1. The van der Waals surface area contributed by atoms with E-state index in [2.05, 4.69) is 63.1 Å². The Bertz CT molecular complexity index is 2110. The molecule has 0 radical (unpaired) electrons. The van der Waals surface area contributed by atoms with Gasteiger partial charge in [-0.3, -0.25) is 0 Å². The molecule has 7 rings (SSSR count). The van der Waals surface area contributed by atoms with Gasteiger partial charge in [0, 0.05) is 34.5 Å². The van der Waals surface area contributed by atoms with E-state index in [1.807, 2.05) is 57.3 Å². The molecule has 0 saturated heterocycles. The van der Waals surface area contributed by atoms with Crippen molar-refractivity contribution < 1.29 is 9.90 Å². The number of benzene rings is 4. The van der Waals surface area contributed by atoms with Gasteiger partial charge >= 0.3 is 5.97 Å². The van der Waals surface area contributed by atoms with Gasteiger partial charge in [-0.05, 0) is 55.3 Å². The first-order chi connectivity index (χ1) is 19.4. The number of pyridine rings is 1. The Morgan fingerprint density at radius 2 is 1.48 bits per heavy atom. The molecule has 0 aliphatic rings. The van der Waals surface area contributed by atoms with Crippen LogP contribution in [0.15, 0.2) is 91.0 Å². The van der Waals surface area contributed by atoms with Crippen LogP contribution >= 0.6 is 0 Å². The highest BCUT2D eigenvalue weighted by Crippen LogP contribution is 2.37. The van der Waals surface area contributed by atoms with Crippen LogP contribution in [0.1, 0.15) is 21.6 Å². The van der Waals surface area contributed by atoms with Crippen molar-refractivity contribution in [3.05, 3.63) is 108 Å². The van der Waals surface area contributed by atoms with E-state index in [1.54, 1.807) is 6.07 Å². The summed E-state index contributed by atoms with van der Waals surface area (Å²) in [5, 5.41) is 12.2. The third kappa shape index (κ3) is 3.76. The Labute approximate surface area is 230 Å². The molecule has 2 N–H and O–H groups in total. The molecule has 0 aliphatic carbocycles. The van der Waals surface area contributed by atoms with Crippen molar-refractivity contribution in [2.24, 2.45) is 7.05 Å². The second-order valence-electron chi connectivity index (χ2n) is 10.4. The largest absolute Gasteiger partial charge is 0.477 e. The van der Waals surface area contributed by atoms with Crippen molar-refractivity contribution in [1.29, 1.82) is 0 Å². The molecule has 0 fully saturated rings. The maximum Gasteiger partial charge on any atom is 0.354 e. The zero-order valence-corrected chi connectivity index (χ0v) is 22.4. The van der Waals surface area contributed by atoms with E-state index in [1.165, 1.54) is 5.39 Å². The molecule has 0 atom stereocenters. The average molecular weight is 523 g/mol. The number of nitrogens with one attached hydrogen (secondary N) is 1. The van der Waals surface area contributed by atoms with E-state index in [0.717, 1.165) is 66.7 Å². The zero-order chi connectivity index (χ0) is 27.5. The van der Waals surface area contributed by atoms with E-state index >= 15 is 0 Å². The Hall–Kier alpha value is -5.23. The first kappa shape index (κ1) is 23.9. The summed E-state index contributed by atoms with van der Waals surface area (Å²) in [4.78, 5) is 25.4. The van der Waals surface area contributed by atoms with E-state index < -0.39 is 5.97 Å². The monoisotopic (exact) mass is 522 g/mol. The van der Waals surface area contributed by atoms with E-state index in [0.29, 0.717) is 5.69 Å². The van der Waals surface area contributed by atoms with Crippen LogP contribution in [0, 0.1) is 13.8 Å². The van der Waals surface area contributed by atoms with Crippen LogP contribution < -0.4 is 0 Å². The van der Waals surface area contributed by atoms with Crippen LogP contribution in [-0.4, -0.2) is 30.6 Å². The van der Waals surface area contributed by atoms with Gasteiger partial charge in [0.25, 0.3) is 0 Å². The van der Waals surface area contributed by atoms with Crippen LogP contribution in [0.3, 0.4) is 0 Å². The Morgan fingerprint density at radius 3 is 2.27 bits per heavy atom. The number of imidazole rings is 1. The second-order valence-corrected chi connectivity index (χ2v) is 10.4. The van der Waals surface area contributed by atoms with Crippen molar-refractivity contribution in [2.45, 2.75) is 13.8 Å². The minimum absolute atomic E-state index is 0.00246. The summed E-state index contributed by atoms with van der Waals surface area (Å²) in [5.41, 5.74) is 10.2.